The predicted molar refractivity (Wildman–Crippen MR) is 42.5 cm³/mol. The fraction of sp³-hybridized carbons (Fsp3) is 1.00. The van der Waals surface area contributed by atoms with E-state index in [0.29, 0.717) is 0 Å². The van der Waals surface area contributed by atoms with Crippen molar-refractivity contribution in [1.29, 1.82) is 0 Å². The van der Waals surface area contributed by atoms with Gasteiger partial charge >= 0.3 is 0 Å². The molecular weight excluding hydrogens is 130 g/mol. The van der Waals surface area contributed by atoms with E-state index in [1.807, 2.05) is 0 Å². The molecule has 0 aromatic heterocycles. The standard InChI is InChI=1S/C7H14NS/c1-2-4-6-8-9-7-5-3-1/h1-7H2. The van der Waals surface area contributed by atoms with Crippen LogP contribution in [0.15, 0.2) is 0 Å². The fourth-order valence-electron chi connectivity index (χ4n) is 1.00. The van der Waals surface area contributed by atoms with E-state index >= 15 is 0 Å². The van der Waals surface area contributed by atoms with Gasteiger partial charge in [-0.1, -0.05) is 31.2 Å². The molecule has 1 rings (SSSR count). The molecule has 1 nitrogen and oxygen atoms in total. The van der Waals surface area contributed by atoms with Crippen molar-refractivity contribution in [3.05, 3.63) is 0 Å². The normalized spacial score (nSPS) is 24.0. The quantitative estimate of drug-likeness (QED) is 0.475. The molecule has 1 aliphatic rings. The smallest absolute Gasteiger partial charge is 0.0256 e. The van der Waals surface area contributed by atoms with Crippen LogP contribution in [0.1, 0.15) is 32.1 Å². The maximum atomic E-state index is 4.31. The molecule has 9 heavy (non-hydrogen) atoms. The molecule has 0 aromatic rings. The molecule has 53 valence electrons. The maximum Gasteiger partial charge on any atom is 0.0256 e. The monoisotopic (exact) mass is 144 g/mol. The second-order valence-corrected chi connectivity index (χ2v) is 3.38. The SMILES string of the molecule is C1CCC[N]SCCC1. The lowest BCUT2D eigenvalue weighted by molar-refractivity contribution is 0.640. The van der Waals surface area contributed by atoms with Crippen molar-refractivity contribution in [3.63, 3.8) is 0 Å². The zero-order valence-corrected chi connectivity index (χ0v) is 6.62. The second kappa shape index (κ2) is 5.12. The Bertz CT molecular complexity index is 37.4. The van der Waals surface area contributed by atoms with Gasteiger partial charge in [-0.3, -0.25) is 0 Å². The summed E-state index contributed by atoms with van der Waals surface area (Å²) in [6.45, 7) is 1.09. The summed E-state index contributed by atoms with van der Waals surface area (Å²) < 4.78 is 4.31. The Balaban J connectivity index is 2.02. The van der Waals surface area contributed by atoms with Crippen LogP contribution in [0.4, 0.5) is 0 Å². The molecule has 1 radical (unpaired) electrons. The molecule has 0 atom stereocenters. The fourth-order valence-corrected chi connectivity index (χ4v) is 1.72. The van der Waals surface area contributed by atoms with E-state index in [0.717, 1.165) is 6.54 Å². The van der Waals surface area contributed by atoms with Crippen LogP contribution in [0.2, 0.25) is 0 Å². The summed E-state index contributed by atoms with van der Waals surface area (Å²) in [5.41, 5.74) is 0. The third-order valence-electron chi connectivity index (χ3n) is 1.58. The highest BCUT2D eigenvalue weighted by atomic mass is 32.2. The Hall–Kier alpha value is 0.310. The molecule has 0 unspecified atom stereocenters. The van der Waals surface area contributed by atoms with Crippen molar-refractivity contribution < 1.29 is 0 Å². The van der Waals surface area contributed by atoms with Gasteiger partial charge in [0.2, 0.25) is 0 Å². The molecule has 1 saturated heterocycles. The van der Waals surface area contributed by atoms with Crippen LogP contribution in [0.5, 0.6) is 0 Å². The van der Waals surface area contributed by atoms with Gasteiger partial charge < -0.3 is 0 Å². The summed E-state index contributed by atoms with van der Waals surface area (Å²) in [4.78, 5) is 0. The summed E-state index contributed by atoms with van der Waals surface area (Å²) >= 11 is 1.77. The van der Waals surface area contributed by atoms with Crippen LogP contribution < -0.4 is 4.72 Å². The summed E-state index contributed by atoms with van der Waals surface area (Å²) in [6.07, 6.45) is 6.92. The summed E-state index contributed by atoms with van der Waals surface area (Å²) in [7, 11) is 0. The Kier molecular flexibility index (Phi) is 4.22. The topological polar surface area (TPSA) is 14.1 Å². The minimum atomic E-state index is 1.09. The zero-order valence-electron chi connectivity index (χ0n) is 5.81. The van der Waals surface area contributed by atoms with Gasteiger partial charge in [-0.2, -0.15) is 4.72 Å². The van der Waals surface area contributed by atoms with E-state index in [9.17, 15) is 0 Å². The molecule has 1 aliphatic heterocycles. The Morgan fingerprint density at radius 3 is 2.67 bits per heavy atom. The lowest BCUT2D eigenvalue weighted by Gasteiger charge is -1.94. The molecule has 1 heterocycles. The van der Waals surface area contributed by atoms with Gasteiger partial charge in [-0.15, -0.1) is 0 Å². The lowest BCUT2D eigenvalue weighted by atomic mass is 10.2. The third-order valence-corrected chi connectivity index (χ3v) is 2.41. The molecule has 0 bridgehead atoms. The average Bonchev–Trinajstić information content (AvgIpc) is 2.00. The molecule has 1 fully saturated rings. The molecule has 0 amide bonds. The van der Waals surface area contributed by atoms with E-state index in [2.05, 4.69) is 4.72 Å². The van der Waals surface area contributed by atoms with Crippen LogP contribution in [0, 0.1) is 0 Å². The number of nitrogens with zero attached hydrogens (tertiary/aromatic N) is 1. The maximum absolute atomic E-state index is 4.31. The molecule has 0 N–H and O–H groups in total. The lowest BCUT2D eigenvalue weighted by Crippen LogP contribution is -1.96. The van der Waals surface area contributed by atoms with Gasteiger partial charge in [-0.05, 0) is 12.8 Å². The van der Waals surface area contributed by atoms with Crippen molar-refractivity contribution in [1.82, 2.24) is 4.72 Å². The molecule has 0 spiro atoms. The second-order valence-electron chi connectivity index (χ2n) is 2.45. The highest BCUT2D eigenvalue weighted by molar-refractivity contribution is 7.97. The van der Waals surface area contributed by atoms with E-state index in [-0.39, 0.29) is 0 Å². The number of rotatable bonds is 0. The van der Waals surface area contributed by atoms with Crippen molar-refractivity contribution in [2.24, 2.45) is 0 Å². The van der Waals surface area contributed by atoms with Gasteiger partial charge in [0.25, 0.3) is 0 Å². The predicted octanol–water partition coefficient (Wildman–Crippen LogP) is 2.20. The molecule has 0 saturated carbocycles. The molecule has 2 heteroatoms. The molecular formula is C7H14NS. The average molecular weight is 144 g/mol. The highest BCUT2D eigenvalue weighted by Crippen LogP contribution is 2.10. The van der Waals surface area contributed by atoms with Gasteiger partial charge in [0, 0.05) is 12.3 Å². The van der Waals surface area contributed by atoms with E-state index < -0.39 is 0 Å². The minimum absolute atomic E-state index is 1.09. The Morgan fingerprint density at radius 1 is 0.889 bits per heavy atom. The van der Waals surface area contributed by atoms with Crippen LogP contribution in [-0.2, 0) is 0 Å². The van der Waals surface area contributed by atoms with Crippen molar-refractivity contribution in [3.8, 4) is 0 Å². The van der Waals surface area contributed by atoms with E-state index in [1.165, 1.54) is 37.9 Å². The first kappa shape index (κ1) is 7.42. The largest absolute Gasteiger partial charge is 0.175 e. The van der Waals surface area contributed by atoms with E-state index in [4.69, 9.17) is 0 Å². The Morgan fingerprint density at radius 2 is 1.67 bits per heavy atom. The summed E-state index contributed by atoms with van der Waals surface area (Å²) in [5.74, 6) is 1.25. The first-order valence-electron chi connectivity index (χ1n) is 3.79. The van der Waals surface area contributed by atoms with Crippen molar-refractivity contribution in [2.45, 2.75) is 32.1 Å². The van der Waals surface area contributed by atoms with Gasteiger partial charge in [-0.25, -0.2) is 0 Å². The number of hydrogen-bond donors (Lipinski definition) is 0. The van der Waals surface area contributed by atoms with Gasteiger partial charge in [0.05, 0.1) is 0 Å². The van der Waals surface area contributed by atoms with Crippen molar-refractivity contribution in [2.75, 3.05) is 12.3 Å². The van der Waals surface area contributed by atoms with Crippen molar-refractivity contribution >= 4 is 11.9 Å². The highest BCUT2D eigenvalue weighted by Gasteiger charge is 1.96. The minimum Gasteiger partial charge on any atom is -0.175 e. The van der Waals surface area contributed by atoms with E-state index in [1.54, 1.807) is 11.9 Å². The first-order chi connectivity index (χ1) is 4.50. The molecule has 0 aliphatic carbocycles. The van der Waals surface area contributed by atoms with Crippen LogP contribution in [0.25, 0.3) is 0 Å². The van der Waals surface area contributed by atoms with Gasteiger partial charge in [0.1, 0.15) is 0 Å². The summed E-state index contributed by atoms with van der Waals surface area (Å²) in [5, 5.41) is 0. The Labute approximate surface area is 61.7 Å². The molecule has 0 aromatic carbocycles. The number of hydrogen-bond acceptors (Lipinski definition) is 1. The third kappa shape index (κ3) is 3.82. The van der Waals surface area contributed by atoms with Gasteiger partial charge in [0.15, 0.2) is 0 Å². The van der Waals surface area contributed by atoms with Crippen LogP contribution >= 0.6 is 11.9 Å². The van der Waals surface area contributed by atoms with Crippen LogP contribution in [0.3, 0.4) is 0 Å². The zero-order chi connectivity index (χ0) is 6.36. The first-order valence-corrected chi connectivity index (χ1v) is 4.73. The van der Waals surface area contributed by atoms with Crippen LogP contribution in [-0.4, -0.2) is 12.3 Å². The summed E-state index contributed by atoms with van der Waals surface area (Å²) in [6, 6.07) is 0.